The van der Waals surface area contributed by atoms with Gasteiger partial charge in [0, 0.05) is 13.1 Å². The van der Waals surface area contributed by atoms with Crippen LogP contribution in [0.1, 0.15) is 16.2 Å². The molecule has 1 aromatic heterocycles. The highest BCUT2D eigenvalue weighted by atomic mass is 16.6. The molecule has 1 aliphatic rings. The molecule has 0 unspecified atom stereocenters. The minimum Gasteiger partial charge on any atom is -0.389 e. The van der Waals surface area contributed by atoms with Gasteiger partial charge >= 0.3 is 0 Å². The van der Waals surface area contributed by atoms with Gasteiger partial charge in [0.25, 0.3) is 5.91 Å². The maximum atomic E-state index is 11.5. The van der Waals surface area contributed by atoms with Crippen LogP contribution in [-0.4, -0.2) is 45.4 Å². The molecule has 0 saturated carbocycles. The summed E-state index contributed by atoms with van der Waals surface area (Å²) in [7, 11) is 0. The van der Waals surface area contributed by atoms with E-state index in [1.54, 1.807) is 6.92 Å². The number of carbonyl (C=O) groups is 1. The summed E-state index contributed by atoms with van der Waals surface area (Å²) in [5.74, 6) is -0.232. The third-order valence-electron chi connectivity index (χ3n) is 2.00. The average Bonchev–Trinajstić information content (AvgIpc) is 2.44. The van der Waals surface area contributed by atoms with E-state index in [-0.39, 0.29) is 11.6 Å². The zero-order valence-corrected chi connectivity index (χ0v) is 7.10. The van der Waals surface area contributed by atoms with Crippen molar-refractivity contribution in [1.29, 1.82) is 0 Å². The summed E-state index contributed by atoms with van der Waals surface area (Å²) >= 11 is 0. The zero-order valence-electron chi connectivity index (χ0n) is 7.10. The van der Waals surface area contributed by atoms with E-state index < -0.39 is 6.10 Å². The average molecular weight is 183 g/mol. The topological polar surface area (TPSA) is 79.5 Å². The van der Waals surface area contributed by atoms with Crippen LogP contribution in [0.3, 0.4) is 0 Å². The molecule has 1 saturated heterocycles. The van der Waals surface area contributed by atoms with Crippen LogP contribution in [0, 0.1) is 6.92 Å². The van der Waals surface area contributed by atoms with Crippen molar-refractivity contribution in [2.75, 3.05) is 13.1 Å². The second-order valence-electron chi connectivity index (χ2n) is 3.06. The van der Waals surface area contributed by atoms with E-state index in [4.69, 9.17) is 5.11 Å². The maximum Gasteiger partial charge on any atom is 0.278 e. The number of likely N-dealkylation sites (tertiary alicyclic amines) is 1. The fourth-order valence-corrected chi connectivity index (χ4v) is 1.20. The van der Waals surface area contributed by atoms with E-state index in [2.05, 4.69) is 14.9 Å². The van der Waals surface area contributed by atoms with Crippen LogP contribution in [0.2, 0.25) is 0 Å². The number of β-amino-alcohol motifs (C(OH)–C–C–N with tert-alkyl or cyclic N) is 1. The Morgan fingerprint density at radius 2 is 2.31 bits per heavy atom. The van der Waals surface area contributed by atoms with E-state index >= 15 is 0 Å². The lowest BCUT2D eigenvalue weighted by Crippen LogP contribution is -2.53. The van der Waals surface area contributed by atoms with Crippen LogP contribution < -0.4 is 0 Å². The Morgan fingerprint density at radius 3 is 2.77 bits per heavy atom. The molecule has 1 aliphatic heterocycles. The molecule has 1 amide bonds. The number of amides is 1. The number of aryl methyl sites for hydroxylation is 1. The van der Waals surface area contributed by atoms with Crippen molar-refractivity contribution < 1.29 is 14.5 Å². The maximum absolute atomic E-state index is 11.5. The summed E-state index contributed by atoms with van der Waals surface area (Å²) in [6.07, 6.45) is -0.399. The van der Waals surface area contributed by atoms with Crippen molar-refractivity contribution in [3.63, 3.8) is 0 Å². The van der Waals surface area contributed by atoms with Crippen LogP contribution >= 0.6 is 0 Å². The van der Waals surface area contributed by atoms with Crippen molar-refractivity contribution in [1.82, 2.24) is 15.2 Å². The Bertz CT molecular complexity index is 329. The molecule has 0 atom stereocenters. The molecular weight excluding hydrogens is 174 g/mol. The number of carbonyl (C=O) groups excluding carboxylic acids is 1. The van der Waals surface area contributed by atoms with Crippen LogP contribution in [0.5, 0.6) is 0 Å². The van der Waals surface area contributed by atoms with Crippen molar-refractivity contribution in [3.05, 3.63) is 11.4 Å². The quantitative estimate of drug-likeness (QED) is 0.616. The van der Waals surface area contributed by atoms with E-state index in [1.807, 2.05) is 0 Å². The van der Waals surface area contributed by atoms with Crippen LogP contribution in [-0.2, 0) is 0 Å². The lowest BCUT2D eigenvalue weighted by molar-refractivity contribution is 0.00518. The Labute approximate surface area is 74.1 Å². The lowest BCUT2D eigenvalue weighted by atomic mass is 10.1. The molecule has 6 nitrogen and oxygen atoms in total. The number of rotatable bonds is 1. The first-order valence-electron chi connectivity index (χ1n) is 3.95. The van der Waals surface area contributed by atoms with Gasteiger partial charge in [0.15, 0.2) is 5.69 Å². The second kappa shape index (κ2) is 2.81. The molecule has 70 valence electrons. The van der Waals surface area contributed by atoms with E-state index in [0.717, 1.165) is 0 Å². The van der Waals surface area contributed by atoms with Crippen LogP contribution in [0.25, 0.3) is 0 Å². The van der Waals surface area contributed by atoms with Crippen LogP contribution in [0.15, 0.2) is 4.63 Å². The Morgan fingerprint density at radius 1 is 1.62 bits per heavy atom. The number of aromatic nitrogens is 2. The van der Waals surface area contributed by atoms with Gasteiger partial charge in [-0.1, -0.05) is 5.16 Å². The highest BCUT2D eigenvalue weighted by Crippen LogP contribution is 2.13. The van der Waals surface area contributed by atoms with Gasteiger partial charge in [-0.2, -0.15) is 0 Å². The van der Waals surface area contributed by atoms with Gasteiger partial charge in [0.1, 0.15) is 5.69 Å². The smallest absolute Gasteiger partial charge is 0.278 e. The fourth-order valence-electron chi connectivity index (χ4n) is 1.20. The second-order valence-corrected chi connectivity index (χ2v) is 3.06. The predicted molar refractivity (Wildman–Crippen MR) is 40.9 cm³/mol. The predicted octanol–water partition coefficient (Wildman–Crippen LogP) is -0.805. The third kappa shape index (κ3) is 1.29. The highest BCUT2D eigenvalue weighted by Gasteiger charge is 2.32. The molecular formula is C7H9N3O3. The molecule has 0 aromatic carbocycles. The molecule has 0 aliphatic carbocycles. The highest BCUT2D eigenvalue weighted by molar-refractivity contribution is 5.93. The summed E-state index contributed by atoms with van der Waals surface area (Å²) in [6.45, 7) is 2.39. The summed E-state index contributed by atoms with van der Waals surface area (Å²) in [5, 5.41) is 16.0. The molecule has 0 bridgehead atoms. The first-order chi connectivity index (χ1) is 6.18. The molecule has 0 spiro atoms. The molecule has 0 radical (unpaired) electrons. The Kier molecular flexibility index (Phi) is 1.77. The summed E-state index contributed by atoms with van der Waals surface area (Å²) in [6, 6.07) is 0. The fraction of sp³-hybridized carbons (Fsp3) is 0.571. The van der Waals surface area contributed by atoms with Gasteiger partial charge in [-0.3, -0.25) is 4.79 Å². The van der Waals surface area contributed by atoms with Crippen LogP contribution in [0.4, 0.5) is 0 Å². The molecule has 13 heavy (non-hydrogen) atoms. The summed E-state index contributed by atoms with van der Waals surface area (Å²) < 4.78 is 4.40. The van der Waals surface area contributed by atoms with Crippen molar-refractivity contribution in [3.8, 4) is 0 Å². The van der Waals surface area contributed by atoms with Gasteiger partial charge in [0.05, 0.1) is 6.10 Å². The number of aliphatic hydroxyl groups excluding tert-OH is 1. The van der Waals surface area contributed by atoms with Gasteiger partial charge in [-0.15, -0.1) is 0 Å². The van der Waals surface area contributed by atoms with E-state index in [0.29, 0.717) is 18.8 Å². The molecule has 1 N–H and O–H groups in total. The van der Waals surface area contributed by atoms with E-state index in [1.165, 1.54) is 4.90 Å². The van der Waals surface area contributed by atoms with Gasteiger partial charge in [0.2, 0.25) is 0 Å². The molecule has 2 rings (SSSR count). The van der Waals surface area contributed by atoms with Gasteiger partial charge in [-0.25, -0.2) is 4.63 Å². The minimum atomic E-state index is -0.399. The molecule has 1 fully saturated rings. The normalized spacial score (nSPS) is 17.2. The Balaban J connectivity index is 2.10. The minimum absolute atomic E-state index is 0.229. The monoisotopic (exact) mass is 183 g/mol. The summed E-state index contributed by atoms with van der Waals surface area (Å²) in [4.78, 5) is 13.0. The zero-order chi connectivity index (χ0) is 9.42. The lowest BCUT2D eigenvalue weighted by Gasteiger charge is -2.35. The molecule has 1 aromatic rings. The van der Waals surface area contributed by atoms with Crippen molar-refractivity contribution in [2.45, 2.75) is 13.0 Å². The largest absolute Gasteiger partial charge is 0.389 e. The third-order valence-corrected chi connectivity index (χ3v) is 2.00. The standard InChI is InChI=1S/C7H9N3O3/c1-4-6(9-13-8-4)7(12)10-2-5(11)3-10/h5,11H,2-3H2,1H3. The number of nitrogens with zero attached hydrogens (tertiary/aromatic N) is 3. The SMILES string of the molecule is Cc1nonc1C(=O)N1CC(O)C1. The van der Waals surface area contributed by atoms with Gasteiger partial charge < -0.3 is 10.0 Å². The molecule has 2 heterocycles. The van der Waals surface area contributed by atoms with Crippen molar-refractivity contribution >= 4 is 5.91 Å². The van der Waals surface area contributed by atoms with Gasteiger partial charge in [-0.05, 0) is 12.1 Å². The summed E-state index contributed by atoms with van der Waals surface area (Å²) in [5.41, 5.74) is 0.707. The van der Waals surface area contributed by atoms with E-state index in [9.17, 15) is 4.79 Å². The first kappa shape index (κ1) is 8.18. The molecule has 6 heteroatoms. The number of aliphatic hydroxyl groups is 1. The number of hydrogen-bond donors (Lipinski definition) is 1. The van der Waals surface area contributed by atoms with Crippen molar-refractivity contribution in [2.24, 2.45) is 0 Å². The number of hydrogen-bond acceptors (Lipinski definition) is 5. The first-order valence-corrected chi connectivity index (χ1v) is 3.95. The Hall–Kier alpha value is -1.43.